The lowest BCUT2D eigenvalue weighted by molar-refractivity contribution is -0.128. The Kier molecular flexibility index (Phi) is 4.91. The van der Waals surface area contributed by atoms with E-state index >= 15 is 0 Å². The molecule has 1 aliphatic carbocycles. The lowest BCUT2D eigenvalue weighted by atomic mass is 9.66. The molecule has 3 heterocycles. The molecule has 0 atom stereocenters. The molecule has 2 aliphatic heterocycles. The summed E-state index contributed by atoms with van der Waals surface area (Å²) >= 11 is 1.89. The average molecular weight is 376 g/mol. The molecule has 0 bridgehead atoms. The SMILES string of the molecule is CN1CC(CCN2CC3(CCC(c4cccs4)(N(C)C)CC3)CC2=O)C1. The summed E-state index contributed by atoms with van der Waals surface area (Å²) < 4.78 is 0. The van der Waals surface area contributed by atoms with E-state index < -0.39 is 0 Å². The molecule has 0 unspecified atom stereocenters. The highest BCUT2D eigenvalue weighted by molar-refractivity contribution is 7.10. The van der Waals surface area contributed by atoms with Crippen molar-refractivity contribution in [3.8, 4) is 0 Å². The molecule has 2 saturated heterocycles. The highest BCUT2D eigenvalue weighted by atomic mass is 32.1. The van der Waals surface area contributed by atoms with Crippen molar-refractivity contribution in [1.82, 2.24) is 14.7 Å². The third kappa shape index (κ3) is 3.23. The second kappa shape index (κ2) is 6.92. The van der Waals surface area contributed by atoms with Crippen molar-refractivity contribution in [2.45, 2.75) is 44.1 Å². The standard InChI is InChI=1S/C21H33N3OS/c1-22(2)21(18-5-4-12-26-18)9-7-20(8-10-21)13-19(25)24(16-20)11-6-17-14-23(3)15-17/h4-5,12,17H,6-11,13-16H2,1-3H3. The minimum Gasteiger partial charge on any atom is -0.342 e. The van der Waals surface area contributed by atoms with Crippen molar-refractivity contribution in [3.05, 3.63) is 22.4 Å². The summed E-state index contributed by atoms with van der Waals surface area (Å²) in [7, 11) is 6.62. The summed E-state index contributed by atoms with van der Waals surface area (Å²) in [6.07, 6.45) is 6.67. The first-order chi connectivity index (χ1) is 12.4. The number of hydrogen-bond acceptors (Lipinski definition) is 4. The predicted molar refractivity (Wildman–Crippen MR) is 107 cm³/mol. The normalized spacial score (nSPS) is 33.4. The van der Waals surface area contributed by atoms with Crippen LogP contribution in [0.25, 0.3) is 0 Å². The van der Waals surface area contributed by atoms with E-state index in [0.29, 0.717) is 5.91 Å². The predicted octanol–water partition coefficient (Wildman–Crippen LogP) is 3.25. The molecule has 0 N–H and O–H groups in total. The number of thiophene rings is 1. The third-order valence-electron chi connectivity index (χ3n) is 7.33. The number of rotatable bonds is 5. The molecule has 0 radical (unpaired) electrons. The summed E-state index contributed by atoms with van der Waals surface area (Å²) in [5.74, 6) is 1.21. The first-order valence-electron chi connectivity index (χ1n) is 10.1. The van der Waals surface area contributed by atoms with Gasteiger partial charge in [0.25, 0.3) is 0 Å². The van der Waals surface area contributed by atoms with Crippen LogP contribution in [0, 0.1) is 11.3 Å². The molecule has 0 aromatic carbocycles. The lowest BCUT2D eigenvalue weighted by Gasteiger charge is -2.48. The van der Waals surface area contributed by atoms with Gasteiger partial charge in [-0.1, -0.05) is 6.07 Å². The largest absolute Gasteiger partial charge is 0.342 e. The second-order valence-corrected chi connectivity index (χ2v) is 10.2. The molecule has 26 heavy (non-hydrogen) atoms. The van der Waals surface area contributed by atoms with Crippen molar-refractivity contribution in [1.29, 1.82) is 0 Å². The van der Waals surface area contributed by atoms with Crippen LogP contribution in [-0.2, 0) is 10.3 Å². The molecule has 1 aromatic heterocycles. The van der Waals surface area contributed by atoms with E-state index in [0.717, 1.165) is 25.4 Å². The number of nitrogens with zero attached hydrogens (tertiary/aromatic N) is 3. The first kappa shape index (κ1) is 18.5. The van der Waals surface area contributed by atoms with Gasteiger partial charge in [-0.25, -0.2) is 0 Å². The maximum Gasteiger partial charge on any atom is 0.223 e. The van der Waals surface area contributed by atoms with Crippen LogP contribution in [0.4, 0.5) is 0 Å². The summed E-state index contributed by atoms with van der Waals surface area (Å²) in [5, 5.41) is 2.20. The highest BCUT2D eigenvalue weighted by Gasteiger charge is 2.50. The molecule has 4 nitrogen and oxygen atoms in total. The molecule has 1 saturated carbocycles. The molecular formula is C21H33N3OS. The van der Waals surface area contributed by atoms with Crippen LogP contribution in [0.2, 0.25) is 0 Å². The molecule has 3 aliphatic rings. The Labute approximate surface area is 162 Å². The summed E-state index contributed by atoms with van der Waals surface area (Å²) in [6, 6.07) is 4.47. The van der Waals surface area contributed by atoms with Crippen LogP contribution < -0.4 is 0 Å². The molecule has 1 spiro atoms. The molecule has 3 fully saturated rings. The molecule has 1 aromatic rings. The zero-order valence-electron chi connectivity index (χ0n) is 16.5. The minimum absolute atomic E-state index is 0.173. The van der Waals surface area contributed by atoms with Crippen molar-refractivity contribution in [2.24, 2.45) is 11.3 Å². The van der Waals surface area contributed by atoms with E-state index in [9.17, 15) is 4.79 Å². The van der Waals surface area contributed by atoms with E-state index in [4.69, 9.17) is 0 Å². The quantitative estimate of drug-likeness (QED) is 0.790. The van der Waals surface area contributed by atoms with Gasteiger partial charge < -0.3 is 9.80 Å². The number of carbonyl (C=O) groups excluding carboxylic acids is 1. The van der Waals surface area contributed by atoms with Gasteiger partial charge in [-0.15, -0.1) is 11.3 Å². The number of hydrogen-bond donors (Lipinski definition) is 0. The van der Waals surface area contributed by atoms with Gasteiger partial charge in [0, 0.05) is 37.5 Å². The van der Waals surface area contributed by atoms with E-state index in [1.54, 1.807) is 0 Å². The van der Waals surface area contributed by atoms with Crippen LogP contribution >= 0.6 is 11.3 Å². The topological polar surface area (TPSA) is 26.8 Å². The Hall–Kier alpha value is -0.910. The van der Waals surface area contributed by atoms with Crippen LogP contribution in [-0.4, -0.2) is 67.9 Å². The Morgan fingerprint density at radius 2 is 1.96 bits per heavy atom. The van der Waals surface area contributed by atoms with Crippen LogP contribution in [0.3, 0.4) is 0 Å². The van der Waals surface area contributed by atoms with Crippen molar-refractivity contribution in [2.75, 3.05) is 47.3 Å². The van der Waals surface area contributed by atoms with Gasteiger partial charge in [0.1, 0.15) is 0 Å². The smallest absolute Gasteiger partial charge is 0.223 e. The number of amides is 1. The maximum absolute atomic E-state index is 12.7. The summed E-state index contributed by atoms with van der Waals surface area (Å²) in [5.41, 5.74) is 0.413. The van der Waals surface area contributed by atoms with Gasteiger partial charge in [0.05, 0.1) is 5.54 Å². The monoisotopic (exact) mass is 375 g/mol. The Bertz CT molecular complexity index is 628. The van der Waals surface area contributed by atoms with E-state index in [2.05, 4.69) is 53.4 Å². The fraction of sp³-hybridized carbons (Fsp3) is 0.762. The first-order valence-corrected chi connectivity index (χ1v) is 11.0. The Balaban J connectivity index is 1.38. The van der Waals surface area contributed by atoms with Crippen LogP contribution in [0.1, 0.15) is 43.4 Å². The van der Waals surface area contributed by atoms with Crippen LogP contribution in [0.15, 0.2) is 17.5 Å². The zero-order valence-corrected chi connectivity index (χ0v) is 17.4. The van der Waals surface area contributed by atoms with E-state index in [1.807, 2.05) is 11.3 Å². The van der Waals surface area contributed by atoms with Gasteiger partial charge in [-0.2, -0.15) is 0 Å². The Morgan fingerprint density at radius 3 is 2.54 bits per heavy atom. The van der Waals surface area contributed by atoms with Gasteiger partial charge in [0.2, 0.25) is 5.91 Å². The minimum atomic E-state index is 0.173. The number of likely N-dealkylation sites (tertiary alicyclic amines) is 2. The third-order valence-corrected chi connectivity index (χ3v) is 8.39. The summed E-state index contributed by atoms with van der Waals surface area (Å²) in [4.78, 5) is 21.1. The maximum atomic E-state index is 12.7. The van der Waals surface area contributed by atoms with Gasteiger partial charge in [-0.05, 0) is 76.0 Å². The van der Waals surface area contributed by atoms with E-state index in [-0.39, 0.29) is 11.0 Å². The second-order valence-electron chi connectivity index (χ2n) is 9.27. The van der Waals surface area contributed by atoms with Gasteiger partial charge in [-0.3, -0.25) is 9.69 Å². The fourth-order valence-electron chi connectivity index (χ4n) is 5.52. The molecule has 4 rings (SSSR count). The average Bonchev–Trinajstić information content (AvgIpc) is 3.21. The van der Waals surface area contributed by atoms with Crippen molar-refractivity contribution >= 4 is 17.2 Å². The lowest BCUT2D eigenvalue weighted by Crippen LogP contribution is -2.47. The molecule has 5 heteroatoms. The highest BCUT2D eigenvalue weighted by Crippen LogP contribution is 2.52. The molecular weight excluding hydrogens is 342 g/mol. The van der Waals surface area contributed by atoms with E-state index in [1.165, 1.54) is 50.1 Å². The Morgan fingerprint density at radius 1 is 1.23 bits per heavy atom. The number of carbonyl (C=O) groups is 1. The summed E-state index contributed by atoms with van der Waals surface area (Å²) in [6.45, 7) is 4.39. The van der Waals surface area contributed by atoms with Crippen LogP contribution in [0.5, 0.6) is 0 Å². The zero-order chi connectivity index (χ0) is 18.4. The molecule has 144 valence electrons. The fourth-order valence-corrected chi connectivity index (χ4v) is 6.59. The van der Waals surface area contributed by atoms with Crippen molar-refractivity contribution in [3.63, 3.8) is 0 Å². The molecule has 1 amide bonds. The van der Waals surface area contributed by atoms with Crippen molar-refractivity contribution < 1.29 is 4.79 Å². The van der Waals surface area contributed by atoms with Gasteiger partial charge >= 0.3 is 0 Å². The van der Waals surface area contributed by atoms with Gasteiger partial charge in [0.15, 0.2) is 0 Å².